The van der Waals surface area contributed by atoms with Gasteiger partial charge >= 0.3 is 0 Å². The second-order valence-electron chi connectivity index (χ2n) is 11.8. The Kier molecular flexibility index (Phi) is 8.49. The molecule has 3 aromatic heterocycles. The molecule has 6 rings (SSSR count). The lowest BCUT2D eigenvalue weighted by molar-refractivity contribution is 0.195. The van der Waals surface area contributed by atoms with Crippen LogP contribution in [-0.4, -0.2) is 82.9 Å². The lowest BCUT2D eigenvalue weighted by Crippen LogP contribution is -2.30. The van der Waals surface area contributed by atoms with Crippen molar-refractivity contribution in [3.63, 3.8) is 0 Å². The van der Waals surface area contributed by atoms with E-state index >= 15 is 0 Å². The van der Waals surface area contributed by atoms with Crippen LogP contribution in [0.2, 0.25) is 0 Å². The smallest absolute Gasteiger partial charge is 0.135 e. The summed E-state index contributed by atoms with van der Waals surface area (Å²) in [5, 5.41) is 18.4. The van der Waals surface area contributed by atoms with Crippen molar-refractivity contribution >= 4 is 28.4 Å². The monoisotopic (exact) mass is 582 g/mol. The SMILES string of the molecule is CCc1cc(O)ccc1N=C(N)c1cnn2cc(-c3cnccc3N3CCCC(N(C)C)CC3)cc2c1NC1CCOC1. The maximum Gasteiger partial charge on any atom is 0.135 e. The molecule has 0 aliphatic carbocycles. The van der Waals surface area contributed by atoms with Crippen molar-refractivity contribution in [1.82, 2.24) is 19.5 Å². The number of aryl methyl sites for hydroxylation is 1. The van der Waals surface area contributed by atoms with Gasteiger partial charge in [0, 0.05) is 61.1 Å². The molecule has 4 N–H and O–H groups in total. The first-order valence-corrected chi connectivity index (χ1v) is 15.3. The van der Waals surface area contributed by atoms with Crippen LogP contribution in [0.3, 0.4) is 0 Å². The Balaban J connectivity index is 1.41. The van der Waals surface area contributed by atoms with E-state index in [1.165, 1.54) is 12.1 Å². The number of phenols is 1. The Hall–Kier alpha value is -4.15. The first-order chi connectivity index (χ1) is 20.9. The van der Waals surface area contributed by atoms with E-state index in [-0.39, 0.29) is 11.8 Å². The maximum atomic E-state index is 9.96. The topological polar surface area (TPSA) is 117 Å². The fraction of sp³-hybridized carbons (Fsp3) is 0.424. The number of anilines is 2. The Morgan fingerprint density at radius 2 is 2.05 bits per heavy atom. The normalized spacial score (nSPS) is 19.7. The van der Waals surface area contributed by atoms with E-state index in [4.69, 9.17) is 20.6 Å². The molecule has 4 aromatic rings. The van der Waals surface area contributed by atoms with E-state index < -0.39 is 0 Å². The highest BCUT2D eigenvalue weighted by atomic mass is 16.5. The summed E-state index contributed by atoms with van der Waals surface area (Å²) < 4.78 is 7.59. The summed E-state index contributed by atoms with van der Waals surface area (Å²) in [6.07, 6.45) is 12.8. The van der Waals surface area contributed by atoms with Gasteiger partial charge in [-0.2, -0.15) is 5.10 Å². The van der Waals surface area contributed by atoms with Crippen molar-refractivity contribution in [3.8, 4) is 16.9 Å². The summed E-state index contributed by atoms with van der Waals surface area (Å²) in [7, 11) is 4.36. The second-order valence-corrected chi connectivity index (χ2v) is 11.8. The first kappa shape index (κ1) is 28.9. The summed E-state index contributed by atoms with van der Waals surface area (Å²) in [6, 6.07) is 10.2. The maximum absolute atomic E-state index is 9.96. The molecule has 2 fully saturated rings. The molecule has 43 heavy (non-hydrogen) atoms. The third kappa shape index (κ3) is 6.16. The van der Waals surface area contributed by atoms with Gasteiger partial charge in [-0.25, -0.2) is 9.51 Å². The fourth-order valence-electron chi connectivity index (χ4n) is 6.28. The molecule has 0 amide bonds. The van der Waals surface area contributed by atoms with Crippen molar-refractivity contribution in [3.05, 3.63) is 66.2 Å². The number of hydrogen-bond acceptors (Lipinski definition) is 8. The minimum absolute atomic E-state index is 0.159. The summed E-state index contributed by atoms with van der Waals surface area (Å²) in [4.78, 5) is 14.2. The van der Waals surface area contributed by atoms with Crippen molar-refractivity contribution in [2.75, 3.05) is 50.6 Å². The van der Waals surface area contributed by atoms with Gasteiger partial charge in [0.2, 0.25) is 0 Å². The Labute approximate surface area is 253 Å². The minimum Gasteiger partial charge on any atom is -0.508 e. The number of ether oxygens (including phenoxy) is 1. The Morgan fingerprint density at radius 1 is 1.16 bits per heavy atom. The van der Waals surface area contributed by atoms with Crippen LogP contribution in [0.4, 0.5) is 17.1 Å². The molecule has 10 heteroatoms. The molecule has 2 atom stereocenters. The molecule has 10 nitrogen and oxygen atoms in total. The zero-order valence-electron chi connectivity index (χ0n) is 25.3. The fourth-order valence-corrected chi connectivity index (χ4v) is 6.28. The molecule has 0 spiro atoms. The number of pyridine rings is 1. The first-order valence-electron chi connectivity index (χ1n) is 15.3. The van der Waals surface area contributed by atoms with Gasteiger partial charge in [-0.05, 0) is 82.1 Å². The zero-order valence-corrected chi connectivity index (χ0v) is 25.3. The highest BCUT2D eigenvalue weighted by Crippen LogP contribution is 2.36. The molecule has 2 unspecified atom stereocenters. The van der Waals surface area contributed by atoms with Crippen molar-refractivity contribution in [1.29, 1.82) is 0 Å². The van der Waals surface area contributed by atoms with Crippen LogP contribution in [0, 0.1) is 0 Å². The molecular weight excluding hydrogens is 540 g/mol. The van der Waals surface area contributed by atoms with E-state index in [0.717, 1.165) is 84.5 Å². The van der Waals surface area contributed by atoms with Crippen LogP contribution in [0.5, 0.6) is 5.75 Å². The standard InChI is InChI=1S/C33H42N8O2/c1-4-22-16-26(42)7-8-29(22)38-33(34)28-19-36-41-20-23(17-31(41)32(28)37-24-11-15-43-21-24)27-18-35-12-9-30(27)40-13-5-6-25(10-14-40)39(2)3/h7-9,12,16-20,24-25,37,42H,4-6,10-11,13-15,21H2,1-3H3,(H2,34,38). The number of benzene rings is 1. The second kappa shape index (κ2) is 12.6. The lowest BCUT2D eigenvalue weighted by Gasteiger charge is -2.26. The van der Waals surface area contributed by atoms with Gasteiger partial charge in [0.15, 0.2) is 0 Å². The highest BCUT2D eigenvalue weighted by molar-refractivity contribution is 6.06. The zero-order chi connectivity index (χ0) is 29.9. The molecule has 2 aliphatic rings. The predicted molar refractivity (Wildman–Crippen MR) is 173 cm³/mol. The number of amidine groups is 1. The number of aliphatic imine (C=N–C) groups is 1. The number of fused-ring (bicyclic) bond motifs is 1. The van der Waals surface area contributed by atoms with Gasteiger partial charge in [-0.1, -0.05) is 6.92 Å². The largest absolute Gasteiger partial charge is 0.508 e. The van der Waals surface area contributed by atoms with E-state index in [1.54, 1.807) is 24.4 Å². The van der Waals surface area contributed by atoms with Crippen molar-refractivity contribution < 1.29 is 9.84 Å². The van der Waals surface area contributed by atoms with Crippen LogP contribution < -0.4 is 16.0 Å². The van der Waals surface area contributed by atoms with Crippen molar-refractivity contribution in [2.45, 2.75) is 51.1 Å². The number of phenolic OH excluding ortho intramolecular Hbond substituents is 1. The molecule has 0 saturated carbocycles. The van der Waals surface area contributed by atoms with Gasteiger partial charge in [0.1, 0.15) is 11.6 Å². The Morgan fingerprint density at radius 3 is 2.84 bits per heavy atom. The molecule has 226 valence electrons. The summed E-state index contributed by atoms with van der Waals surface area (Å²) in [6.45, 7) is 5.42. The quantitative estimate of drug-likeness (QED) is 0.200. The molecule has 0 radical (unpaired) electrons. The van der Waals surface area contributed by atoms with E-state index in [0.29, 0.717) is 18.5 Å². The van der Waals surface area contributed by atoms with E-state index in [9.17, 15) is 5.11 Å². The van der Waals surface area contributed by atoms with Crippen molar-refractivity contribution in [2.24, 2.45) is 10.7 Å². The lowest BCUT2D eigenvalue weighted by atomic mass is 10.1. The summed E-state index contributed by atoms with van der Waals surface area (Å²) in [5.41, 5.74) is 14.2. The van der Waals surface area contributed by atoms with Gasteiger partial charge in [-0.3, -0.25) is 4.98 Å². The Bertz CT molecular complexity index is 1610. The highest BCUT2D eigenvalue weighted by Gasteiger charge is 2.24. The van der Waals surface area contributed by atoms with Crippen LogP contribution in [0.15, 0.2) is 60.1 Å². The number of nitrogens with one attached hydrogen (secondary N) is 1. The number of hydrogen-bond donors (Lipinski definition) is 3. The predicted octanol–water partition coefficient (Wildman–Crippen LogP) is 4.82. The number of nitrogens with two attached hydrogens (primary N) is 1. The van der Waals surface area contributed by atoms with Crippen LogP contribution >= 0.6 is 0 Å². The third-order valence-corrected chi connectivity index (χ3v) is 8.75. The van der Waals surface area contributed by atoms with Gasteiger partial charge in [0.25, 0.3) is 0 Å². The van der Waals surface area contributed by atoms with Crippen LogP contribution in [0.1, 0.15) is 43.7 Å². The number of nitrogens with zero attached hydrogens (tertiary/aromatic N) is 6. The molecular formula is C33H42N8O2. The summed E-state index contributed by atoms with van der Waals surface area (Å²) >= 11 is 0. The minimum atomic E-state index is 0.159. The molecule has 0 bridgehead atoms. The molecule has 5 heterocycles. The third-order valence-electron chi connectivity index (χ3n) is 8.75. The van der Waals surface area contributed by atoms with Gasteiger partial charge < -0.3 is 30.7 Å². The average Bonchev–Trinajstić information content (AvgIpc) is 3.62. The van der Waals surface area contributed by atoms with Crippen LogP contribution in [-0.2, 0) is 11.2 Å². The van der Waals surface area contributed by atoms with E-state index in [1.807, 2.05) is 23.8 Å². The summed E-state index contributed by atoms with van der Waals surface area (Å²) in [5.74, 6) is 0.580. The van der Waals surface area contributed by atoms with Gasteiger partial charge in [-0.15, -0.1) is 0 Å². The molecule has 2 saturated heterocycles. The van der Waals surface area contributed by atoms with E-state index in [2.05, 4.69) is 52.5 Å². The number of rotatable bonds is 8. The molecule has 2 aliphatic heterocycles. The van der Waals surface area contributed by atoms with Gasteiger partial charge in [0.05, 0.1) is 41.3 Å². The molecule has 1 aromatic carbocycles. The number of aromatic nitrogens is 3. The average molecular weight is 583 g/mol. The number of aromatic hydroxyl groups is 1. The van der Waals surface area contributed by atoms with Crippen LogP contribution in [0.25, 0.3) is 16.6 Å².